The van der Waals surface area contributed by atoms with Gasteiger partial charge in [-0.3, -0.25) is 9.59 Å². The number of rotatable bonds is 7. The molecule has 1 heterocycles. The number of hydrogen-bond donors (Lipinski definition) is 3. The van der Waals surface area contributed by atoms with Crippen molar-refractivity contribution in [1.29, 1.82) is 0 Å². The van der Waals surface area contributed by atoms with Crippen molar-refractivity contribution in [2.75, 3.05) is 19.6 Å². The first-order chi connectivity index (χ1) is 10.6. The fourth-order valence-electron chi connectivity index (χ4n) is 1.97. The molecule has 0 saturated carbocycles. The number of carbonyl (C=O) groups excluding carboxylic acids is 2. The van der Waals surface area contributed by atoms with E-state index in [2.05, 4.69) is 15.7 Å². The van der Waals surface area contributed by atoms with Crippen LogP contribution in [-0.2, 0) is 0 Å². The monoisotopic (exact) mass is 337 g/mol. The predicted molar refractivity (Wildman–Crippen MR) is 90.2 cm³/mol. The van der Waals surface area contributed by atoms with E-state index in [1.165, 1.54) is 10.7 Å². The number of nitrogens with two attached hydrogens (primary N) is 1. The molecule has 0 aliphatic heterocycles. The Hall–Kier alpha value is -2.38. The number of amides is 2. The second-order valence-electron chi connectivity index (χ2n) is 4.64. The van der Waals surface area contributed by atoms with Gasteiger partial charge in [-0.15, -0.1) is 12.4 Å². The number of likely N-dealkylation sites (N-methyl/N-ethyl adjacent to an activating group) is 1. The number of nitrogens with zero attached hydrogens (tertiary/aromatic N) is 2. The molecule has 0 atom stereocenters. The van der Waals surface area contributed by atoms with Crippen LogP contribution in [0.3, 0.4) is 0 Å². The molecule has 4 N–H and O–H groups in total. The Morgan fingerprint density at radius 2 is 1.91 bits per heavy atom. The molecule has 1 aromatic heterocycles. The molecule has 0 bridgehead atoms. The van der Waals surface area contributed by atoms with E-state index >= 15 is 0 Å². The molecule has 2 aromatic rings. The Morgan fingerprint density at radius 3 is 2.52 bits per heavy atom. The molecule has 0 fully saturated rings. The van der Waals surface area contributed by atoms with Gasteiger partial charge in [-0.05, 0) is 18.7 Å². The molecule has 8 heteroatoms. The Bertz CT molecular complexity index is 657. The topological polar surface area (TPSA) is 102 Å². The molecule has 7 nitrogen and oxygen atoms in total. The molecule has 0 aliphatic rings. The lowest BCUT2D eigenvalue weighted by Crippen LogP contribution is -2.32. The van der Waals surface area contributed by atoms with Gasteiger partial charge in [0.2, 0.25) is 0 Å². The Kier molecular flexibility index (Phi) is 7.24. The van der Waals surface area contributed by atoms with Crippen LogP contribution >= 0.6 is 12.4 Å². The van der Waals surface area contributed by atoms with Crippen molar-refractivity contribution in [2.24, 2.45) is 5.73 Å². The van der Waals surface area contributed by atoms with Crippen molar-refractivity contribution in [3.8, 4) is 5.69 Å². The number of carbonyl (C=O) groups is 2. The number of halogens is 1. The van der Waals surface area contributed by atoms with Crippen molar-refractivity contribution in [1.82, 2.24) is 20.4 Å². The summed E-state index contributed by atoms with van der Waals surface area (Å²) in [7, 11) is 0. The quantitative estimate of drug-likeness (QED) is 0.648. The van der Waals surface area contributed by atoms with Gasteiger partial charge in [0.05, 0.1) is 5.69 Å². The summed E-state index contributed by atoms with van der Waals surface area (Å²) in [6, 6.07) is 10.5. The van der Waals surface area contributed by atoms with Crippen LogP contribution in [0.15, 0.2) is 36.4 Å². The average molecular weight is 338 g/mol. The zero-order valence-corrected chi connectivity index (χ0v) is 13.6. The highest BCUT2D eigenvalue weighted by Gasteiger charge is 2.18. The maximum Gasteiger partial charge on any atom is 0.271 e. The van der Waals surface area contributed by atoms with Crippen LogP contribution in [0.5, 0.6) is 0 Å². The van der Waals surface area contributed by atoms with Gasteiger partial charge in [0.15, 0.2) is 5.69 Å². The summed E-state index contributed by atoms with van der Waals surface area (Å²) in [5, 5.41) is 10.0. The summed E-state index contributed by atoms with van der Waals surface area (Å²) >= 11 is 0. The number of aromatic nitrogens is 2. The van der Waals surface area contributed by atoms with Crippen LogP contribution in [0.1, 0.15) is 27.9 Å². The fraction of sp³-hybridized carbons (Fsp3) is 0.267. The molecule has 23 heavy (non-hydrogen) atoms. The number of benzene rings is 1. The van der Waals surface area contributed by atoms with Crippen molar-refractivity contribution < 1.29 is 9.59 Å². The number of para-hydroxylation sites is 1. The zero-order valence-electron chi connectivity index (χ0n) is 12.8. The Labute approximate surface area is 140 Å². The van der Waals surface area contributed by atoms with Gasteiger partial charge in [-0.25, -0.2) is 4.68 Å². The summed E-state index contributed by atoms with van der Waals surface area (Å²) in [6.45, 7) is 3.98. The summed E-state index contributed by atoms with van der Waals surface area (Å²) in [4.78, 5) is 23.6. The zero-order chi connectivity index (χ0) is 15.9. The minimum absolute atomic E-state index is 0. The molecular weight excluding hydrogens is 318 g/mol. The highest BCUT2D eigenvalue weighted by atomic mass is 35.5. The van der Waals surface area contributed by atoms with Gasteiger partial charge in [0.1, 0.15) is 5.69 Å². The lowest BCUT2D eigenvalue weighted by Gasteiger charge is -2.04. The molecule has 124 valence electrons. The highest BCUT2D eigenvalue weighted by molar-refractivity contribution is 5.97. The molecular formula is C15H20ClN5O2. The fourth-order valence-corrected chi connectivity index (χ4v) is 1.97. The van der Waals surface area contributed by atoms with Gasteiger partial charge in [-0.2, -0.15) is 5.10 Å². The number of nitrogens with one attached hydrogen (secondary N) is 2. The van der Waals surface area contributed by atoms with Gasteiger partial charge in [0, 0.05) is 19.2 Å². The second-order valence-corrected chi connectivity index (χ2v) is 4.64. The van der Waals surface area contributed by atoms with Crippen LogP contribution in [0.25, 0.3) is 5.69 Å². The standard InChI is InChI=1S/C15H19N5O2.ClH/c1-2-17-8-9-18-15(22)12-10-13(14(16)21)20(19-12)11-6-4-3-5-7-11;/h3-7,10,17H,2,8-9H2,1H3,(H2,16,21)(H,18,22);1H. The van der Waals surface area contributed by atoms with Crippen molar-refractivity contribution >= 4 is 24.2 Å². The van der Waals surface area contributed by atoms with Crippen LogP contribution in [0.4, 0.5) is 0 Å². The van der Waals surface area contributed by atoms with Crippen LogP contribution in [0.2, 0.25) is 0 Å². The molecule has 2 amide bonds. The molecule has 0 radical (unpaired) electrons. The minimum atomic E-state index is -0.636. The largest absolute Gasteiger partial charge is 0.364 e. The molecule has 0 unspecified atom stereocenters. The van der Waals surface area contributed by atoms with Gasteiger partial charge in [0.25, 0.3) is 11.8 Å². The third kappa shape index (κ3) is 4.80. The van der Waals surface area contributed by atoms with Gasteiger partial charge >= 0.3 is 0 Å². The van der Waals surface area contributed by atoms with E-state index in [1.54, 1.807) is 12.1 Å². The first-order valence-electron chi connectivity index (χ1n) is 7.07. The van der Waals surface area contributed by atoms with Crippen LogP contribution < -0.4 is 16.4 Å². The Balaban J connectivity index is 0.00000264. The van der Waals surface area contributed by atoms with Crippen molar-refractivity contribution in [2.45, 2.75) is 6.92 Å². The molecule has 2 rings (SSSR count). The lowest BCUT2D eigenvalue weighted by molar-refractivity contribution is 0.0947. The van der Waals surface area contributed by atoms with Crippen molar-refractivity contribution in [3.63, 3.8) is 0 Å². The maximum absolute atomic E-state index is 12.1. The normalized spacial score (nSPS) is 9.96. The first kappa shape index (κ1) is 18.7. The minimum Gasteiger partial charge on any atom is -0.364 e. The highest BCUT2D eigenvalue weighted by Crippen LogP contribution is 2.12. The summed E-state index contributed by atoms with van der Waals surface area (Å²) in [5.74, 6) is -0.974. The van der Waals surface area contributed by atoms with E-state index in [0.717, 1.165) is 6.54 Å². The van der Waals surface area contributed by atoms with Gasteiger partial charge < -0.3 is 16.4 Å². The van der Waals surface area contributed by atoms with E-state index < -0.39 is 5.91 Å². The number of primary amides is 1. The van der Waals surface area contributed by atoms with Crippen LogP contribution in [-0.4, -0.2) is 41.2 Å². The van der Waals surface area contributed by atoms with E-state index in [4.69, 9.17) is 5.73 Å². The van der Waals surface area contributed by atoms with Crippen molar-refractivity contribution in [3.05, 3.63) is 47.8 Å². The summed E-state index contributed by atoms with van der Waals surface area (Å²) < 4.78 is 1.38. The van der Waals surface area contributed by atoms with E-state index in [9.17, 15) is 9.59 Å². The maximum atomic E-state index is 12.1. The third-order valence-corrected chi connectivity index (χ3v) is 3.03. The third-order valence-electron chi connectivity index (χ3n) is 3.03. The SMILES string of the molecule is CCNCCNC(=O)c1cc(C(N)=O)n(-c2ccccc2)n1.Cl. The molecule has 0 saturated heterocycles. The van der Waals surface area contributed by atoms with E-state index in [1.807, 2.05) is 25.1 Å². The Morgan fingerprint density at radius 1 is 1.22 bits per heavy atom. The second kappa shape index (κ2) is 8.92. The molecule has 1 aromatic carbocycles. The smallest absolute Gasteiger partial charge is 0.271 e. The lowest BCUT2D eigenvalue weighted by atomic mass is 10.3. The average Bonchev–Trinajstić information content (AvgIpc) is 2.98. The van der Waals surface area contributed by atoms with E-state index in [-0.39, 0.29) is 29.7 Å². The summed E-state index contributed by atoms with van der Waals surface area (Å²) in [5.41, 5.74) is 6.36. The summed E-state index contributed by atoms with van der Waals surface area (Å²) in [6.07, 6.45) is 0. The van der Waals surface area contributed by atoms with Crippen LogP contribution in [0, 0.1) is 0 Å². The first-order valence-corrected chi connectivity index (χ1v) is 7.07. The van der Waals surface area contributed by atoms with E-state index in [0.29, 0.717) is 18.8 Å². The molecule has 0 spiro atoms. The molecule has 0 aliphatic carbocycles. The number of hydrogen-bond acceptors (Lipinski definition) is 4. The van der Waals surface area contributed by atoms with Gasteiger partial charge in [-0.1, -0.05) is 25.1 Å². The predicted octanol–water partition coefficient (Wildman–Crippen LogP) is 0.732.